The van der Waals surface area contributed by atoms with E-state index in [1.54, 1.807) is 0 Å². The largest absolute Gasteiger partial charge is 0.368 e. The molecule has 0 aromatic rings. The maximum Gasteiger partial charge on any atom is 0.235 e. The standard InChI is InChI=1S/C11H22N2O/c1-8(2)10(11(12)14)13-6-4-5-9(3)7-13/h8-10H,4-7H2,1-3H3,(H2,12,14). The van der Waals surface area contributed by atoms with Crippen LogP contribution in [0.4, 0.5) is 0 Å². The minimum Gasteiger partial charge on any atom is -0.368 e. The number of carbonyl (C=O) groups excluding carboxylic acids is 1. The average molecular weight is 198 g/mol. The van der Waals surface area contributed by atoms with Gasteiger partial charge in [-0.2, -0.15) is 0 Å². The summed E-state index contributed by atoms with van der Waals surface area (Å²) in [5.74, 6) is 0.844. The van der Waals surface area contributed by atoms with Gasteiger partial charge in [-0.15, -0.1) is 0 Å². The summed E-state index contributed by atoms with van der Waals surface area (Å²) in [6, 6.07) is -0.0715. The van der Waals surface area contributed by atoms with Gasteiger partial charge >= 0.3 is 0 Å². The number of carbonyl (C=O) groups is 1. The lowest BCUT2D eigenvalue weighted by molar-refractivity contribution is -0.125. The molecule has 1 aliphatic heterocycles. The Kier molecular flexibility index (Phi) is 3.93. The minimum atomic E-state index is -0.172. The Morgan fingerprint density at radius 3 is 2.57 bits per heavy atom. The van der Waals surface area contributed by atoms with E-state index in [-0.39, 0.29) is 11.9 Å². The molecule has 82 valence electrons. The summed E-state index contributed by atoms with van der Waals surface area (Å²) in [5, 5.41) is 0. The minimum absolute atomic E-state index is 0.0715. The Bertz CT molecular complexity index is 203. The van der Waals surface area contributed by atoms with Gasteiger partial charge in [0.25, 0.3) is 0 Å². The van der Waals surface area contributed by atoms with Crippen molar-refractivity contribution in [1.29, 1.82) is 0 Å². The molecule has 1 heterocycles. The van der Waals surface area contributed by atoms with Crippen molar-refractivity contribution in [1.82, 2.24) is 4.90 Å². The van der Waals surface area contributed by atoms with Crippen LogP contribution in [0.2, 0.25) is 0 Å². The first kappa shape index (κ1) is 11.5. The van der Waals surface area contributed by atoms with Gasteiger partial charge in [0.05, 0.1) is 6.04 Å². The van der Waals surface area contributed by atoms with Crippen LogP contribution in [-0.2, 0) is 4.79 Å². The van der Waals surface area contributed by atoms with Gasteiger partial charge in [-0.3, -0.25) is 9.69 Å². The van der Waals surface area contributed by atoms with Crippen LogP contribution in [0, 0.1) is 11.8 Å². The van der Waals surface area contributed by atoms with Crippen molar-refractivity contribution in [3.05, 3.63) is 0 Å². The van der Waals surface area contributed by atoms with Crippen molar-refractivity contribution in [2.45, 2.75) is 39.7 Å². The number of hydrogen-bond acceptors (Lipinski definition) is 2. The number of primary amides is 1. The van der Waals surface area contributed by atoms with Crippen LogP contribution < -0.4 is 5.73 Å². The highest BCUT2D eigenvalue weighted by molar-refractivity contribution is 5.80. The smallest absolute Gasteiger partial charge is 0.235 e. The molecule has 1 aliphatic rings. The van der Waals surface area contributed by atoms with E-state index < -0.39 is 0 Å². The van der Waals surface area contributed by atoms with Crippen molar-refractivity contribution in [2.75, 3.05) is 13.1 Å². The molecule has 0 aromatic heterocycles. The molecule has 0 aromatic carbocycles. The normalized spacial score (nSPS) is 26.4. The second-order valence-corrected chi connectivity index (χ2v) is 4.83. The van der Waals surface area contributed by atoms with Gasteiger partial charge in [0, 0.05) is 6.54 Å². The highest BCUT2D eigenvalue weighted by Gasteiger charge is 2.29. The second-order valence-electron chi connectivity index (χ2n) is 4.83. The van der Waals surface area contributed by atoms with Crippen molar-refractivity contribution in [3.8, 4) is 0 Å². The molecule has 2 N–H and O–H groups in total. The summed E-state index contributed by atoms with van der Waals surface area (Å²) < 4.78 is 0. The van der Waals surface area contributed by atoms with E-state index >= 15 is 0 Å². The summed E-state index contributed by atoms with van der Waals surface area (Å²) in [5.41, 5.74) is 5.43. The molecule has 0 spiro atoms. The van der Waals surface area contributed by atoms with Crippen LogP contribution in [0.15, 0.2) is 0 Å². The first-order chi connectivity index (χ1) is 6.52. The van der Waals surface area contributed by atoms with E-state index in [2.05, 4.69) is 25.7 Å². The highest BCUT2D eigenvalue weighted by Crippen LogP contribution is 2.20. The number of amides is 1. The SMILES string of the molecule is CC1CCCN(C(C(N)=O)C(C)C)C1. The number of nitrogens with two attached hydrogens (primary N) is 1. The molecule has 0 radical (unpaired) electrons. The number of likely N-dealkylation sites (tertiary alicyclic amines) is 1. The fourth-order valence-electron chi connectivity index (χ4n) is 2.41. The maximum atomic E-state index is 11.3. The first-order valence-corrected chi connectivity index (χ1v) is 5.55. The first-order valence-electron chi connectivity index (χ1n) is 5.55. The van der Waals surface area contributed by atoms with E-state index in [1.807, 2.05) is 0 Å². The van der Waals surface area contributed by atoms with Gasteiger partial charge < -0.3 is 5.73 Å². The summed E-state index contributed by atoms with van der Waals surface area (Å²) in [6.45, 7) is 8.41. The molecule has 0 aliphatic carbocycles. The molecule has 2 atom stereocenters. The quantitative estimate of drug-likeness (QED) is 0.741. The van der Waals surface area contributed by atoms with E-state index in [1.165, 1.54) is 12.8 Å². The van der Waals surface area contributed by atoms with Gasteiger partial charge in [0.1, 0.15) is 0 Å². The van der Waals surface area contributed by atoms with E-state index in [0.29, 0.717) is 11.8 Å². The molecular formula is C11H22N2O. The van der Waals surface area contributed by atoms with Crippen molar-refractivity contribution in [3.63, 3.8) is 0 Å². The third kappa shape index (κ3) is 2.71. The fraction of sp³-hybridized carbons (Fsp3) is 0.909. The Balaban J connectivity index is 2.63. The van der Waals surface area contributed by atoms with Gasteiger partial charge in [0.2, 0.25) is 5.91 Å². The summed E-state index contributed by atoms with van der Waals surface area (Å²) >= 11 is 0. The van der Waals surface area contributed by atoms with Crippen LogP contribution in [-0.4, -0.2) is 29.9 Å². The third-order valence-corrected chi connectivity index (χ3v) is 3.00. The van der Waals surface area contributed by atoms with Crippen molar-refractivity contribution < 1.29 is 4.79 Å². The Labute approximate surface area is 86.6 Å². The van der Waals surface area contributed by atoms with Crippen LogP contribution in [0.1, 0.15) is 33.6 Å². The monoisotopic (exact) mass is 198 g/mol. The summed E-state index contributed by atoms with van der Waals surface area (Å²) in [4.78, 5) is 13.6. The van der Waals surface area contributed by atoms with Gasteiger partial charge in [0.15, 0.2) is 0 Å². The lowest BCUT2D eigenvalue weighted by Crippen LogP contribution is -2.51. The van der Waals surface area contributed by atoms with E-state index in [4.69, 9.17) is 5.73 Å². The molecule has 1 amide bonds. The topological polar surface area (TPSA) is 46.3 Å². The molecule has 1 saturated heterocycles. The van der Waals surface area contributed by atoms with Crippen molar-refractivity contribution >= 4 is 5.91 Å². The molecule has 1 rings (SSSR count). The van der Waals surface area contributed by atoms with E-state index in [9.17, 15) is 4.79 Å². The number of piperidine rings is 1. The Morgan fingerprint density at radius 1 is 1.50 bits per heavy atom. The zero-order valence-corrected chi connectivity index (χ0v) is 9.49. The number of rotatable bonds is 3. The van der Waals surface area contributed by atoms with Gasteiger partial charge in [-0.25, -0.2) is 0 Å². The van der Waals surface area contributed by atoms with Gasteiger partial charge in [-0.1, -0.05) is 20.8 Å². The maximum absolute atomic E-state index is 11.3. The number of hydrogen-bond donors (Lipinski definition) is 1. The lowest BCUT2D eigenvalue weighted by Gasteiger charge is -2.37. The molecule has 3 heteroatoms. The highest BCUT2D eigenvalue weighted by atomic mass is 16.1. The second kappa shape index (κ2) is 4.78. The van der Waals surface area contributed by atoms with Crippen LogP contribution in [0.25, 0.3) is 0 Å². The van der Waals surface area contributed by atoms with Crippen LogP contribution in [0.3, 0.4) is 0 Å². The molecule has 3 nitrogen and oxygen atoms in total. The number of nitrogens with zero attached hydrogens (tertiary/aromatic N) is 1. The molecule has 1 fully saturated rings. The third-order valence-electron chi connectivity index (χ3n) is 3.00. The van der Waals surface area contributed by atoms with E-state index in [0.717, 1.165) is 13.1 Å². The zero-order valence-electron chi connectivity index (χ0n) is 9.49. The molecule has 0 bridgehead atoms. The van der Waals surface area contributed by atoms with Crippen LogP contribution >= 0.6 is 0 Å². The molecule has 14 heavy (non-hydrogen) atoms. The molecule has 2 unspecified atom stereocenters. The van der Waals surface area contributed by atoms with Crippen molar-refractivity contribution in [2.24, 2.45) is 17.6 Å². The van der Waals surface area contributed by atoms with Gasteiger partial charge in [-0.05, 0) is 31.2 Å². The fourth-order valence-corrected chi connectivity index (χ4v) is 2.41. The predicted octanol–water partition coefficient (Wildman–Crippen LogP) is 1.23. The Morgan fingerprint density at radius 2 is 2.14 bits per heavy atom. The lowest BCUT2D eigenvalue weighted by atomic mass is 9.94. The van der Waals surface area contributed by atoms with Crippen LogP contribution in [0.5, 0.6) is 0 Å². The average Bonchev–Trinajstić information content (AvgIpc) is 2.02. The molecular weight excluding hydrogens is 176 g/mol. The Hall–Kier alpha value is -0.570. The predicted molar refractivity (Wildman–Crippen MR) is 57.8 cm³/mol. The summed E-state index contributed by atoms with van der Waals surface area (Å²) in [6.07, 6.45) is 2.47. The summed E-state index contributed by atoms with van der Waals surface area (Å²) in [7, 11) is 0. The molecule has 0 saturated carbocycles. The zero-order chi connectivity index (χ0) is 10.7.